The van der Waals surface area contributed by atoms with Crippen LogP contribution in [0.3, 0.4) is 0 Å². The van der Waals surface area contributed by atoms with Gasteiger partial charge in [-0.15, -0.1) is 0 Å². The van der Waals surface area contributed by atoms with Gasteiger partial charge in [-0.25, -0.2) is 19.7 Å². The number of pyridine rings is 3. The molecule has 0 radical (unpaired) electrons. The van der Waals surface area contributed by atoms with Crippen molar-refractivity contribution < 1.29 is 23.8 Å². The standard InChI is InChI=1S/C28H31N7O5/c1-14-23-17(26(37)40-28(14,4)5)7-8-21(33-23)32-22-11-18-19(12-30-22)24(31-13-20(18)27(2,3)34-35-29)39-16-9-15(10-16)25(36)38-6/h7-8,11-16H,9-10H2,1-6H3,(H,30,32,33)/t14-,15?,16?/m1/s1. The molecule has 12 heteroatoms. The molecule has 40 heavy (non-hydrogen) atoms. The lowest BCUT2D eigenvalue weighted by molar-refractivity contribution is -0.151. The normalized spacial score (nSPS) is 21.4. The zero-order chi connectivity index (χ0) is 28.8. The molecule has 12 nitrogen and oxygen atoms in total. The van der Waals surface area contributed by atoms with E-state index in [9.17, 15) is 15.1 Å². The van der Waals surface area contributed by atoms with Gasteiger partial charge in [-0.3, -0.25) is 4.79 Å². The minimum atomic E-state index is -0.908. The monoisotopic (exact) mass is 545 g/mol. The summed E-state index contributed by atoms with van der Waals surface area (Å²) in [6.45, 7) is 9.31. The van der Waals surface area contributed by atoms with Gasteiger partial charge >= 0.3 is 11.9 Å². The first-order valence-electron chi connectivity index (χ1n) is 13.0. The molecular weight excluding hydrogens is 514 g/mol. The van der Waals surface area contributed by atoms with Gasteiger partial charge in [0.2, 0.25) is 5.88 Å². The van der Waals surface area contributed by atoms with Gasteiger partial charge in [0.15, 0.2) is 0 Å². The van der Waals surface area contributed by atoms with E-state index >= 15 is 0 Å². The highest BCUT2D eigenvalue weighted by atomic mass is 16.6. The zero-order valence-corrected chi connectivity index (χ0v) is 23.3. The van der Waals surface area contributed by atoms with Crippen molar-refractivity contribution in [1.82, 2.24) is 15.0 Å². The molecule has 1 aliphatic carbocycles. The number of carbonyl (C=O) groups excluding carboxylic acids is 2. The fourth-order valence-electron chi connectivity index (χ4n) is 5.00. The number of nitrogens with one attached hydrogen (secondary N) is 1. The van der Waals surface area contributed by atoms with Gasteiger partial charge in [0, 0.05) is 23.2 Å². The van der Waals surface area contributed by atoms with E-state index in [4.69, 9.17) is 19.2 Å². The Hall–Kier alpha value is -4.44. The Bertz CT molecular complexity index is 1560. The van der Waals surface area contributed by atoms with Gasteiger partial charge < -0.3 is 19.5 Å². The number of rotatable bonds is 7. The average Bonchev–Trinajstić information content (AvgIpc) is 2.88. The van der Waals surface area contributed by atoms with Crippen molar-refractivity contribution >= 4 is 34.3 Å². The van der Waals surface area contributed by atoms with Crippen molar-refractivity contribution in [2.24, 2.45) is 11.0 Å². The molecule has 0 saturated heterocycles. The van der Waals surface area contributed by atoms with E-state index in [2.05, 4.69) is 25.3 Å². The van der Waals surface area contributed by atoms with Crippen LogP contribution in [0.15, 0.2) is 35.7 Å². The highest BCUT2D eigenvalue weighted by Gasteiger charge is 2.40. The molecule has 0 spiro atoms. The number of aromatic nitrogens is 3. The van der Waals surface area contributed by atoms with Crippen LogP contribution in [0.1, 0.15) is 75.0 Å². The number of methoxy groups -OCH3 is 1. The van der Waals surface area contributed by atoms with Gasteiger partial charge in [-0.2, -0.15) is 0 Å². The number of carbonyl (C=O) groups is 2. The second-order valence-corrected chi connectivity index (χ2v) is 11.2. The summed E-state index contributed by atoms with van der Waals surface area (Å²) in [5.41, 5.74) is 9.37. The maximum atomic E-state index is 12.5. The lowest BCUT2D eigenvalue weighted by atomic mass is 9.82. The predicted octanol–water partition coefficient (Wildman–Crippen LogP) is 5.70. The lowest BCUT2D eigenvalue weighted by Gasteiger charge is -2.36. The maximum Gasteiger partial charge on any atom is 0.340 e. The van der Waals surface area contributed by atoms with Crippen molar-refractivity contribution in [3.8, 4) is 5.88 Å². The molecular formula is C28H31N7O5. The number of nitrogens with zero attached hydrogens (tertiary/aromatic N) is 6. The van der Waals surface area contributed by atoms with Crippen LogP contribution in [-0.4, -0.2) is 45.7 Å². The van der Waals surface area contributed by atoms with Crippen LogP contribution in [-0.2, 0) is 19.8 Å². The van der Waals surface area contributed by atoms with E-state index in [1.54, 1.807) is 38.4 Å². The van der Waals surface area contributed by atoms with Crippen LogP contribution < -0.4 is 10.1 Å². The summed E-state index contributed by atoms with van der Waals surface area (Å²) in [5, 5.41) is 8.59. The number of cyclic esters (lactones) is 1. The highest BCUT2D eigenvalue weighted by molar-refractivity contribution is 5.93. The third kappa shape index (κ3) is 4.86. The number of fused-ring (bicyclic) bond motifs is 2. The number of esters is 2. The minimum Gasteiger partial charge on any atom is -0.474 e. The predicted molar refractivity (Wildman–Crippen MR) is 146 cm³/mol. The molecule has 0 unspecified atom stereocenters. The van der Waals surface area contributed by atoms with E-state index in [0.29, 0.717) is 52.6 Å². The summed E-state index contributed by atoms with van der Waals surface area (Å²) in [4.78, 5) is 41.1. The molecule has 1 N–H and O–H groups in total. The summed E-state index contributed by atoms with van der Waals surface area (Å²) in [5.74, 6) is 0.464. The largest absolute Gasteiger partial charge is 0.474 e. The quantitative estimate of drug-likeness (QED) is 0.170. The second-order valence-electron chi connectivity index (χ2n) is 11.2. The molecule has 3 aromatic heterocycles. The van der Waals surface area contributed by atoms with Crippen molar-refractivity contribution in [3.63, 3.8) is 0 Å². The number of hydrogen-bond donors (Lipinski definition) is 1. The third-order valence-electron chi connectivity index (χ3n) is 7.81. The topological polar surface area (TPSA) is 161 Å². The van der Waals surface area contributed by atoms with Crippen molar-refractivity contribution in [1.29, 1.82) is 0 Å². The van der Waals surface area contributed by atoms with Crippen LogP contribution in [0.5, 0.6) is 5.88 Å². The first-order valence-corrected chi connectivity index (χ1v) is 13.0. The number of anilines is 2. The van der Waals surface area contributed by atoms with Gasteiger partial charge in [0.25, 0.3) is 0 Å². The van der Waals surface area contributed by atoms with E-state index in [0.717, 1.165) is 5.39 Å². The Labute approximate surface area is 231 Å². The van der Waals surface area contributed by atoms with Gasteiger partial charge in [0.05, 0.1) is 35.2 Å². The van der Waals surface area contributed by atoms with Gasteiger partial charge in [0.1, 0.15) is 23.3 Å². The third-order valence-corrected chi connectivity index (χ3v) is 7.81. The summed E-state index contributed by atoms with van der Waals surface area (Å²) in [7, 11) is 1.38. The molecule has 1 aliphatic heterocycles. The fourth-order valence-corrected chi connectivity index (χ4v) is 5.00. The molecule has 3 aromatic rings. The summed E-state index contributed by atoms with van der Waals surface area (Å²) in [6, 6.07) is 5.23. The minimum absolute atomic E-state index is 0.112. The van der Waals surface area contributed by atoms with Crippen LogP contribution in [0.2, 0.25) is 0 Å². The van der Waals surface area contributed by atoms with Crippen molar-refractivity contribution in [3.05, 3.63) is 57.9 Å². The van der Waals surface area contributed by atoms with E-state index in [1.807, 2.05) is 26.8 Å². The molecule has 4 heterocycles. The fraction of sp³-hybridized carbons (Fsp3) is 0.464. The molecule has 0 bridgehead atoms. The van der Waals surface area contributed by atoms with Crippen LogP contribution in [0.4, 0.5) is 11.6 Å². The van der Waals surface area contributed by atoms with Gasteiger partial charge in [-0.05, 0) is 61.4 Å². The highest BCUT2D eigenvalue weighted by Crippen LogP contribution is 2.40. The SMILES string of the molecule is COC(=O)C1CC(Oc2ncc(C(C)(C)N=[N+]=[N-])c3cc(Nc4ccc5c(n4)[C@@H](C)C(C)(C)OC5=O)ncc23)C1. The lowest BCUT2D eigenvalue weighted by Crippen LogP contribution is -2.39. The average molecular weight is 546 g/mol. The maximum absolute atomic E-state index is 12.5. The Morgan fingerprint density at radius 2 is 1.95 bits per heavy atom. The zero-order valence-electron chi connectivity index (χ0n) is 23.3. The first kappa shape index (κ1) is 27.1. The van der Waals surface area contributed by atoms with Gasteiger partial charge in [-0.1, -0.05) is 25.9 Å². The van der Waals surface area contributed by atoms with Crippen LogP contribution in [0.25, 0.3) is 21.2 Å². The molecule has 1 atom stereocenters. The number of ether oxygens (including phenoxy) is 3. The van der Waals surface area contributed by atoms with Crippen molar-refractivity contribution in [2.75, 3.05) is 12.4 Å². The van der Waals surface area contributed by atoms with Crippen molar-refractivity contribution in [2.45, 2.75) is 70.6 Å². The van der Waals surface area contributed by atoms with Crippen LogP contribution in [0, 0.1) is 5.92 Å². The molecule has 2 aliphatic rings. The molecule has 1 fully saturated rings. The van der Waals surface area contributed by atoms with E-state index in [-0.39, 0.29) is 23.9 Å². The number of hydrogen-bond acceptors (Lipinski definition) is 10. The summed E-state index contributed by atoms with van der Waals surface area (Å²) in [6.07, 6.45) is 4.20. The molecule has 1 saturated carbocycles. The number of azide groups is 1. The smallest absolute Gasteiger partial charge is 0.340 e. The molecule has 208 valence electrons. The Morgan fingerprint density at radius 1 is 1.20 bits per heavy atom. The molecule has 0 amide bonds. The second kappa shape index (κ2) is 9.95. The molecule has 5 rings (SSSR count). The Kier molecular flexibility index (Phi) is 6.75. The molecule has 0 aromatic carbocycles. The van der Waals surface area contributed by atoms with E-state index in [1.165, 1.54) is 7.11 Å². The Morgan fingerprint density at radius 3 is 2.65 bits per heavy atom. The van der Waals surface area contributed by atoms with E-state index < -0.39 is 17.1 Å². The van der Waals surface area contributed by atoms with Crippen LogP contribution >= 0.6 is 0 Å². The Balaban J connectivity index is 1.50. The summed E-state index contributed by atoms with van der Waals surface area (Å²) < 4.78 is 16.5. The first-order chi connectivity index (χ1) is 18.9. The summed E-state index contributed by atoms with van der Waals surface area (Å²) >= 11 is 0.